The molecule has 0 aliphatic heterocycles. The molecule has 0 aromatic carbocycles. The lowest BCUT2D eigenvalue weighted by Gasteiger charge is -2.25. The smallest absolute Gasteiger partial charge is 0.369 e. The van der Waals surface area contributed by atoms with Crippen molar-refractivity contribution in [2.45, 2.75) is 64.0 Å². The van der Waals surface area contributed by atoms with Crippen molar-refractivity contribution in [1.29, 1.82) is 0 Å². The molecular weight excluding hydrogens is 368 g/mol. The van der Waals surface area contributed by atoms with Gasteiger partial charge in [-0.25, -0.2) is 8.78 Å². The number of hydrogen-bond acceptors (Lipinski definition) is 3. The molecule has 0 aliphatic rings. The third kappa shape index (κ3) is 12.3. The van der Waals surface area contributed by atoms with Gasteiger partial charge in [-0.3, -0.25) is 0 Å². The lowest BCUT2D eigenvalue weighted by Crippen LogP contribution is -2.40. The Kier molecular flexibility index (Phi) is 12.2. The van der Waals surface area contributed by atoms with Gasteiger partial charge < -0.3 is 14.2 Å². The summed E-state index contributed by atoms with van der Waals surface area (Å²) in [7, 11) is 3.20. The van der Waals surface area contributed by atoms with Crippen LogP contribution in [-0.4, -0.2) is 57.4 Å². The topological polar surface area (TPSA) is 27.7 Å². The summed E-state index contributed by atoms with van der Waals surface area (Å²) in [4.78, 5) is 0. The molecule has 0 aromatic heterocycles. The minimum Gasteiger partial charge on any atom is -0.369 e. The van der Waals surface area contributed by atoms with Gasteiger partial charge in [-0.2, -0.15) is 26.3 Å². The van der Waals surface area contributed by atoms with Crippen LogP contribution in [0, 0.1) is 0 Å². The van der Waals surface area contributed by atoms with Crippen LogP contribution in [-0.2, 0) is 14.2 Å². The van der Waals surface area contributed by atoms with Gasteiger partial charge in [0.25, 0.3) is 0 Å². The molecule has 0 radical (unpaired) electrons. The van der Waals surface area contributed by atoms with E-state index < -0.39 is 36.1 Å². The first-order valence-electron chi connectivity index (χ1n) is 6.78. The highest BCUT2D eigenvalue weighted by molar-refractivity contribution is 4.77. The molecule has 0 saturated carbocycles. The molecule has 0 fully saturated rings. The van der Waals surface area contributed by atoms with E-state index in [-0.39, 0.29) is 0 Å². The van der Waals surface area contributed by atoms with Crippen LogP contribution in [0.2, 0.25) is 0 Å². The maximum atomic E-state index is 12.0. The Morgan fingerprint density at radius 1 is 0.560 bits per heavy atom. The maximum Gasteiger partial charge on any atom is 0.416 e. The van der Waals surface area contributed by atoms with Crippen molar-refractivity contribution in [3.05, 3.63) is 0 Å². The predicted octanol–water partition coefficient (Wildman–Crippen LogP) is 5.24. The van der Waals surface area contributed by atoms with Crippen LogP contribution in [0.25, 0.3) is 0 Å². The van der Waals surface area contributed by atoms with Gasteiger partial charge in [-0.15, -0.1) is 0 Å². The second-order valence-corrected chi connectivity index (χ2v) is 5.86. The van der Waals surface area contributed by atoms with E-state index in [0.717, 1.165) is 55.9 Å². The van der Waals surface area contributed by atoms with E-state index in [1.165, 1.54) is 0 Å². The van der Waals surface area contributed by atoms with E-state index in [1.54, 1.807) is 0 Å². The summed E-state index contributed by atoms with van der Waals surface area (Å²) in [6, 6.07) is 0. The van der Waals surface area contributed by atoms with E-state index in [0.29, 0.717) is 0 Å². The lowest BCUT2D eigenvalue weighted by atomic mass is 10.1. The molecule has 3 nitrogen and oxygen atoms in total. The SMILES string of the molecule is COC(C)(C)C(F)(F)F.COC(C)(C)C(F)(F)F.COC(C)(F)CF. The Hall–Kier alpha value is -0.680. The van der Waals surface area contributed by atoms with Gasteiger partial charge in [0, 0.05) is 21.3 Å². The highest BCUT2D eigenvalue weighted by Crippen LogP contribution is 2.32. The van der Waals surface area contributed by atoms with Crippen molar-refractivity contribution in [2.75, 3.05) is 28.0 Å². The Morgan fingerprint density at radius 2 is 0.800 bits per heavy atom. The number of halogens is 8. The zero-order chi connectivity index (χ0) is 21.3. The highest BCUT2D eigenvalue weighted by atomic mass is 19.4. The fourth-order valence-corrected chi connectivity index (χ4v) is 0.286. The van der Waals surface area contributed by atoms with Crippen molar-refractivity contribution >= 4 is 0 Å². The van der Waals surface area contributed by atoms with E-state index in [9.17, 15) is 35.1 Å². The minimum atomic E-state index is -4.28. The zero-order valence-electron chi connectivity index (χ0n) is 15.5. The molecule has 25 heavy (non-hydrogen) atoms. The summed E-state index contributed by atoms with van der Waals surface area (Å²) in [5.74, 6) is -2.08. The normalized spacial score (nSPS) is 15.4. The number of ether oxygens (including phenoxy) is 3. The first-order chi connectivity index (χ1) is 10.7. The molecule has 156 valence electrons. The number of hydrogen-bond donors (Lipinski definition) is 0. The van der Waals surface area contributed by atoms with Crippen LogP contribution in [0.3, 0.4) is 0 Å². The summed E-state index contributed by atoms with van der Waals surface area (Å²) in [6.45, 7) is 3.86. The summed E-state index contributed by atoms with van der Waals surface area (Å²) in [5, 5.41) is 0. The summed E-state index contributed by atoms with van der Waals surface area (Å²) in [6.07, 6.45) is -8.55. The first-order valence-corrected chi connectivity index (χ1v) is 6.78. The largest absolute Gasteiger partial charge is 0.416 e. The molecule has 0 bridgehead atoms. The third-order valence-corrected chi connectivity index (χ3v) is 3.05. The van der Waals surface area contributed by atoms with Gasteiger partial charge in [0.2, 0.25) is 5.85 Å². The van der Waals surface area contributed by atoms with E-state index in [4.69, 9.17) is 0 Å². The quantitative estimate of drug-likeness (QED) is 0.611. The number of rotatable bonds is 4. The molecule has 0 saturated heterocycles. The first kappa shape index (κ1) is 29.1. The molecule has 1 atom stereocenters. The molecule has 11 heteroatoms. The summed E-state index contributed by atoms with van der Waals surface area (Å²) in [5.41, 5.74) is -4.04. The van der Waals surface area contributed by atoms with Crippen LogP contribution in [0.15, 0.2) is 0 Å². The van der Waals surface area contributed by atoms with Crippen LogP contribution in [0.4, 0.5) is 35.1 Å². The Labute approximate surface area is 142 Å². The van der Waals surface area contributed by atoms with Crippen molar-refractivity contribution in [3.8, 4) is 0 Å². The summed E-state index contributed by atoms with van der Waals surface area (Å²) < 4.78 is 106. The molecular formula is C14H26F8O3. The molecule has 0 rings (SSSR count). The van der Waals surface area contributed by atoms with Crippen LogP contribution in [0.1, 0.15) is 34.6 Å². The predicted molar refractivity (Wildman–Crippen MR) is 76.8 cm³/mol. The van der Waals surface area contributed by atoms with Gasteiger partial charge in [-0.1, -0.05) is 0 Å². The standard InChI is InChI=1S/2C5H9F3O.C4H8F2O/c2*1-4(2,9-3)5(6,7)8;1-4(6,3-5)7-2/h2*1-3H3;3H2,1-2H3. The van der Waals surface area contributed by atoms with Gasteiger partial charge >= 0.3 is 12.4 Å². The van der Waals surface area contributed by atoms with Crippen LogP contribution >= 0.6 is 0 Å². The molecule has 0 heterocycles. The fourth-order valence-electron chi connectivity index (χ4n) is 0.286. The van der Waals surface area contributed by atoms with Crippen molar-refractivity contribution in [3.63, 3.8) is 0 Å². The van der Waals surface area contributed by atoms with Crippen molar-refractivity contribution in [2.24, 2.45) is 0 Å². The third-order valence-electron chi connectivity index (χ3n) is 3.05. The van der Waals surface area contributed by atoms with Crippen molar-refractivity contribution < 1.29 is 49.3 Å². The molecule has 0 aromatic rings. The lowest BCUT2D eigenvalue weighted by molar-refractivity contribution is -0.255. The summed E-state index contributed by atoms with van der Waals surface area (Å²) >= 11 is 0. The average Bonchev–Trinajstić information content (AvgIpc) is 2.46. The highest BCUT2D eigenvalue weighted by Gasteiger charge is 2.48. The van der Waals surface area contributed by atoms with Gasteiger partial charge in [0.05, 0.1) is 0 Å². The Morgan fingerprint density at radius 3 is 0.800 bits per heavy atom. The van der Waals surface area contributed by atoms with Gasteiger partial charge in [0.15, 0.2) is 11.2 Å². The van der Waals surface area contributed by atoms with E-state index >= 15 is 0 Å². The van der Waals surface area contributed by atoms with Crippen molar-refractivity contribution in [1.82, 2.24) is 0 Å². The zero-order valence-corrected chi connectivity index (χ0v) is 15.5. The molecule has 0 spiro atoms. The van der Waals surface area contributed by atoms with E-state index in [1.807, 2.05) is 0 Å². The number of alkyl halides is 8. The fraction of sp³-hybridized carbons (Fsp3) is 1.00. The molecule has 0 N–H and O–H groups in total. The molecule has 1 unspecified atom stereocenters. The van der Waals surface area contributed by atoms with Gasteiger partial charge in [-0.05, 0) is 34.6 Å². The second kappa shape index (κ2) is 10.5. The maximum absolute atomic E-state index is 12.0. The van der Waals surface area contributed by atoms with Gasteiger partial charge in [0.1, 0.15) is 6.67 Å². The Balaban J connectivity index is -0.000000293. The molecule has 0 amide bonds. The number of methoxy groups -OCH3 is 3. The van der Waals surface area contributed by atoms with E-state index in [2.05, 4.69) is 14.2 Å². The minimum absolute atomic E-state index is 0.979. The average molecular weight is 394 g/mol. The monoisotopic (exact) mass is 394 g/mol. The Bertz CT molecular complexity index is 317. The second-order valence-electron chi connectivity index (χ2n) is 5.86. The van der Waals surface area contributed by atoms with Crippen LogP contribution < -0.4 is 0 Å². The molecule has 0 aliphatic carbocycles. The van der Waals surface area contributed by atoms with Crippen LogP contribution in [0.5, 0.6) is 0 Å².